The van der Waals surface area contributed by atoms with Gasteiger partial charge in [-0.15, -0.1) is 0 Å². The Kier molecular flexibility index (Phi) is 7.05. The predicted molar refractivity (Wildman–Crippen MR) is 121 cm³/mol. The summed E-state index contributed by atoms with van der Waals surface area (Å²) < 4.78 is 27.4. The normalized spacial score (nSPS) is 23.0. The van der Waals surface area contributed by atoms with Crippen molar-refractivity contribution >= 4 is 15.9 Å². The molecule has 2 heterocycles. The van der Waals surface area contributed by atoms with Gasteiger partial charge in [-0.05, 0) is 55.8 Å². The number of hydrogen-bond acceptors (Lipinski definition) is 4. The third-order valence-electron chi connectivity index (χ3n) is 6.27. The van der Waals surface area contributed by atoms with Gasteiger partial charge in [0.25, 0.3) is 0 Å². The molecule has 2 aliphatic heterocycles. The van der Waals surface area contributed by atoms with Gasteiger partial charge in [-0.1, -0.05) is 48.5 Å². The van der Waals surface area contributed by atoms with Gasteiger partial charge >= 0.3 is 0 Å². The molecule has 0 aromatic heterocycles. The molecule has 0 spiro atoms. The first-order valence-corrected chi connectivity index (χ1v) is 12.6. The summed E-state index contributed by atoms with van der Waals surface area (Å²) in [5.74, 6) is 0.221. The smallest absolute Gasteiger partial charge is 0.243 e. The van der Waals surface area contributed by atoms with E-state index >= 15 is 0 Å². The number of nitrogens with one attached hydrogen (secondary N) is 1. The van der Waals surface area contributed by atoms with E-state index < -0.39 is 16.1 Å². The van der Waals surface area contributed by atoms with Crippen molar-refractivity contribution in [3.8, 4) is 0 Å². The molecular formula is C24H31N3O3S. The second-order valence-corrected chi connectivity index (χ2v) is 10.5. The average molecular weight is 442 g/mol. The van der Waals surface area contributed by atoms with E-state index in [1.165, 1.54) is 9.87 Å². The number of sulfonamides is 1. The zero-order valence-corrected chi connectivity index (χ0v) is 18.6. The summed E-state index contributed by atoms with van der Waals surface area (Å²) in [4.78, 5) is 15.6. The largest absolute Gasteiger partial charge is 0.354 e. The highest BCUT2D eigenvalue weighted by molar-refractivity contribution is 7.89. The zero-order chi connectivity index (χ0) is 21.7. The zero-order valence-electron chi connectivity index (χ0n) is 17.8. The molecule has 2 aromatic carbocycles. The van der Waals surface area contributed by atoms with Gasteiger partial charge in [0.15, 0.2) is 0 Å². The van der Waals surface area contributed by atoms with Crippen molar-refractivity contribution < 1.29 is 13.2 Å². The molecule has 0 saturated carbocycles. The number of likely N-dealkylation sites (tertiary alicyclic amines) is 1. The Bertz CT molecular complexity index is 966. The van der Waals surface area contributed by atoms with Gasteiger partial charge in [0, 0.05) is 26.2 Å². The molecule has 2 fully saturated rings. The molecule has 2 atom stereocenters. The van der Waals surface area contributed by atoms with Crippen molar-refractivity contribution in [2.24, 2.45) is 5.92 Å². The Hall–Kier alpha value is -2.22. The highest BCUT2D eigenvalue weighted by Crippen LogP contribution is 2.26. The number of nitrogens with zero attached hydrogens (tertiary/aromatic N) is 2. The molecule has 0 bridgehead atoms. The maximum atomic E-state index is 13.0. The summed E-state index contributed by atoms with van der Waals surface area (Å²) in [5, 5.41) is 3.06. The van der Waals surface area contributed by atoms with Crippen LogP contribution in [0.2, 0.25) is 0 Å². The number of rotatable bonds is 7. The SMILES string of the molecule is O=C(NCC1CCCN(Cc2ccccc2)C1)C1CCCN1S(=O)(=O)c1ccccc1. The summed E-state index contributed by atoms with van der Waals surface area (Å²) in [6, 6.07) is 18.2. The number of carbonyl (C=O) groups excluding carboxylic acids is 1. The van der Waals surface area contributed by atoms with Crippen LogP contribution in [0.15, 0.2) is 65.6 Å². The Morgan fingerprint density at radius 3 is 2.35 bits per heavy atom. The van der Waals surface area contributed by atoms with Gasteiger partial charge in [0.1, 0.15) is 6.04 Å². The monoisotopic (exact) mass is 441 g/mol. The molecular weight excluding hydrogens is 410 g/mol. The average Bonchev–Trinajstić information content (AvgIpc) is 3.30. The first-order valence-electron chi connectivity index (χ1n) is 11.1. The molecule has 1 N–H and O–H groups in total. The first kappa shape index (κ1) is 22.0. The number of benzene rings is 2. The minimum atomic E-state index is -3.66. The molecule has 2 saturated heterocycles. The van der Waals surface area contributed by atoms with Gasteiger partial charge in [-0.25, -0.2) is 8.42 Å². The van der Waals surface area contributed by atoms with E-state index in [4.69, 9.17) is 0 Å². The van der Waals surface area contributed by atoms with Gasteiger partial charge in [-0.2, -0.15) is 4.31 Å². The summed E-state index contributed by atoms with van der Waals surface area (Å²) in [6.07, 6.45) is 3.48. The van der Waals surface area contributed by atoms with Crippen LogP contribution in [-0.4, -0.2) is 55.8 Å². The van der Waals surface area contributed by atoms with Crippen LogP contribution in [-0.2, 0) is 21.4 Å². The van der Waals surface area contributed by atoms with E-state index in [-0.39, 0.29) is 10.8 Å². The Labute approximate surface area is 185 Å². The summed E-state index contributed by atoms with van der Waals surface area (Å²) in [5.41, 5.74) is 1.31. The maximum absolute atomic E-state index is 13.0. The van der Waals surface area contributed by atoms with E-state index in [0.29, 0.717) is 31.8 Å². The molecule has 0 radical (unpaired) electrons. The van der Waals surface area contributed by atoms with E-state index in [0.717, 1.165) is 32.5 Å². The fourth-order valence-electron chi connectivity index (χ4n) is 4.68. The van der Waals surface area contributed by atoms with Crippen LogP contribution in [0.25, 0.3) is 0 Å². The lowest BCUT2D eigenvalue weighted by Crippen LogP contribution is -2.48. The number of amides is 1. The minimum absolute atomic E-state index is 0.169. The van der Waals surface area contributed by atoms with Crippen molar-refractivity contribution in [3.63, 3.8) is 0 Å². The lowest BCUT2D eigenvalue weighted by molar-refractivity contribution is -0.124. The first-order chi connectivity index (χ1) is 15.0. The predicted octanol–water partition coefficient (Wildman–Crippen LogP) is 2.87. The Morgan fingerprint density at radius 1 is 0.935 bits per heavy atom. The topological polar surface area (TPSA) is 69.7 Å². The fraction of sp³-hybridized carbons (Fsp3) is 0.458. The number of piperidine rings is 1. The van der Waals surface area contributed by atoms with Crippen LogP contribution in [0.4, 0.5) is 0 Å². The summed E-state index contributed by atoms with van der Waals surface area (Å²) in [6.45, 7) is 3.94. The quantitative estimate of drug-likeness (QED) is 0.717. The van der Waals surface area contributed by atoms with Gasteiger partial charge in [0.05, 0.1) is 4.90 Å². The van der Waals surface area contributed by atoms with Crippen molar-refractivity contribution in [2.75, 3.05) is 26.2 Å². The van der Waals surface area contributed by atoms with E-state index in [1.807, 2.05) is 6.07 Å². The highest BCUT2D eigenvalue weighted by Gasteiger charge is 2.39. The van der Waals surface area contributed by atoms with Crippen molar-refractivity contribution in [2.45, 2.75) is 43.2 Å². The molecule has 2 unspecified atom stereocenters. The molecule has 4 rings (SSSR count). The van der Waals surface area contributed by atoms with Crippen molar-refractivity contribution in [1.29, 1.82) is 0 Å². The molecule has 0 aliphatic carbocycles. The van der Waals surface area contributed by atoms with Crippen LogP contribution in [0.1, 0.15) is 31.2 Å². The molecule has 31 heavy (non-hydrogen) atoms. The van der Waals surface area contributed by atoms with Crippen LogP contribution in [0.5, 0.6) is 0 Å². The standard InChI is InChI=1S/C24H31N3O3S/c28-24(23-14-8-16-27(23)31(29,30)22-12-5-2-6-13-22)25-17-21-11-7-15-26(19-21)18-20-9-3-1-4-10-20/h1-6,9-10,12-13,21,23H,7-8,11,14-19H2,(H,25,28). The van der Waals surface area contributed by atoms with Crippen LogP contribution in [0, 0.1) is 5.92 Å². The highest BCUT2D eigenvalue weighted by atomic mass is 32.2. The van der Waals surface area contributed by atoms with Crippen molar-refractivity contribution in [3.05, 3.63) is 66.2 Å². The molecule has 7 heteroatoms. The summed E-state index contributed by atoms with van der Waals surface area (Å²) in [7, 11) is -3.66. The number of carbonyl (C=O) groups is 1. The van der Waals surface area contributed by atoms with E-state index in [2.05, 4.69) is 34.5 Å². The van der Waals surface area contributed by atoms with Gasteiger partial charge in [-0.3, -0.25) is 9.69 Å². The third kappa shape index (κ3) is 5.34. The Morgan fingerprint density at radius 2 is 1.61 bits per heavy atom. The lowest BCUT2D eigenvalue weighted by Gasteiger charge is -2.33. The second-order valence-electron chi connectivity index (χ2n) is 8.56. The second kappa shape index (κ2) is 9.94. The van der Waals surface area contributed by atoms with Crippen LogP contribution >= 0.6 is 0 Å². The minimum Gasteiger partial charge on any atom is -0.354 e. The molecule has 2 aliphatic rings. The van der Waals surface area contributed by atoms with E-state index in [9.17, 15) is 13.2 Å². The maximum Gasteiger partial charge on any atom is 0.243 e. The van der Waals surface area contributed by atoms with Crippen LogP contribution in [0.3, 0.4) is 0 Å². The third-order valence-corrected chi connectivity index (χ3v) is 8.20. The van der Waals surface area contributed by atoms with Crippen LogP contribution < -0.4 is 5.32 Å². The van der Waals surface area contributed by atoms with Gasteiger partial charge < -0.3 is 5.32 Å². The molecule has 6 nitrogen and oxygen atoms in total. The molecule has 1 amide bonds. The fourth-order valence-corrected chi connectivity index (χ4v) is 6.36. The molecule has 2 aromatic rings. The van der Waals surface area contributed by atoms with Crippen molar-refractivity contribution in [1.82, 2.24) is 14.5 Å². The number of hydrogen-bond donors (Lipinski definition) is 1. The summed E-state index contributed by atoms with van der Waals surface area (Å²) >= 11 is 0. The lowest BCUT2D eigenvalue weighted by atomic mass is 9.97. The molecule has 166 valence electrons. The Balaban J connectivity index is 1.32. The van der Waals surface area contributed by atoms with E-state index in [1.54, 1.807) is 30.3 Å². The van der Waals surface area contributed by atoms with Gasteiger partial charge in [0.2, 0.25) is 15.9 Å².